The molecule has 1 aromatic heterocycles. The molecule has 0 amide bonds. The number of allylic oxidation sites excluding steroid dienone is 5. The molecule has 1 aliphatic heterocycles. The summed E-state index contributed by atoms with van der Waals surface area (Å²) in [5.74, 6) is 1.15. The van der Waals surface area contributed by atoms with Crippen LogP contribution in [-0.4, -0.2) is 33.8 Å². The smallest absolute Gasteiger partial charge is 0.239 e. The molecular weight excluding hydrogens is 484 g/mol. The Hall–Kier alpha value is -4.10. The second-order valence-electron chi connectivity index (χ2n) is 9.38. The molecule has 0 fully saturated rings. The van der Waals surface area contributed by atoms with Crippen molar-refractivity contribution in [2.75, 3.05) is 25.3 Å². The van der Waals surface area contributed by atoms with Gasteiger partial charge in [-0.05, 0) is 66.8 Å². The van der Waals surface area contributed by atoms with Gasteiger partial charge in [0.2, 0.25) is 5.89 Å². The maximum Gasteiger partial charge on any atom is 0.239 e. The van der Waals surface area contributed by atoms with Crippen LogP contribution in [0.3, 0.4) is 0 Å². The molecule has 0 spiro atoms. The van der Waals surface area contributed by atoms with Gasteiger partial charge in [0.1, 0.15) is 21.9 Å². The third-order valence-corrected chi connectivity index (χ3v) is 7.39. The number of nitrogens with zero attached hydrogens (tertiary/aromatic N) is 2. The Kier molecular flexibility index (Phi) is 6.25. The van der Waals surface area contributed by atoms with Crippen molar-refractivity contribution in [1.82, 2.24) is 4.98 Å². The summed E-state index contributed by atoms with van der Waals surface area (Å²) in [6.45, 7) is 3.84. The van der Waals surface area contributed by atoms with Crippen LogP contribution in [0.5, 0.6) is 0 Å². The molecule has 0 saturated heterocycles. The zero-order valence-electron chi connectivity index (χ0n) is 21.4. The first-order valence-electron chi connectivity index (χ1n) is 11.9. The first kappa shape index (κ1) is 24.6. The van der Waals surface area contributed by atoms with Gasteiger partial charge in [0.05, 0.1) is 0 Å². The summed E-state index contributed by atoms with van der Waals surface area (Å²) in [5.41, 5.74) is 4.91. The molecule has 0 atom stereocenters. The van der Waals surface area contributed by atoms with Crippen LogP contribution in [0, 0.1) is 6.92 Å². The van der Waals surface area contributed by atoms with Crippen molar-refractivity contribution >= 4 is 48.4 Å². The number of sulfone groups is 1. The molecule has 4 aromatic rings. The van der Waals surface area contributed by atoms with E-state index in [-0.39, 0.29) is 10.8 Å². The number of oxazole rings is 1. The van der Waals surface area contributed by atoms with Crippen molar-refractivity contribution in [3.63, 3.8) is 0 Å². The first-order valence-corrected chi connectivity index (χ1v) is 13.8. The summed E-state index contributed by atoms with van der Waals surface area (Å²) in [6.07, 6.45) is 8.37. The molecule has 0 bridgehead atoms. The van der Waals surface area contributed by atoms with E-state index < -0.39 is 9.84 Å². The largest absolute Gasteiger partial charge is 0.462 e. The summed E-state index contributed by atoms with van der Waals surface area (Å²) < 4.78 is 38.0. The van der Waals surface area contributed by atoms with Gasteiger partial charge in [-0.2, -0.15) is 0 Å². The van der Waals surface area contributed by atoms with Gasteiger partial charge >= 0.3 is 0 Å². The molecule has 3 aromatic carbocycles. The van der Waals surface area contributed by atoms with Crippen LogP contribution in [-0.2, 0) is 14.6 Å². The monoisotopic (exact) mass is 512 g/mol. The maximum atomic E-state index is 13.0. The van der Waals surface area contributed by atoms with E-state index in [4.69, 9.17) is 9.15 Å². The summed E-state index contributed by atoms with van der Waals surface area (Å²) in [7, 11) is 0.311. The van der Waals surface area contributed by atoms with Gasteiger partial charge in [-0.15, -0.1) is 0 Å². The fraction of sp³-hybridized carbons (Fsp3) is 0.167. The number of hydrogen-bond acceptors (Lipinski definition) is 6. The van der Waals surface area contributed by atoms with E-state index in [0.717, 1.165) is 27.6 Å². The van der Waals surface area contributed by atoms with Crippen LogP contribution in [0.2, 0.25) is 0 Å². The molecule has 5 rings (SSSR count). The van der Waals surface area contributed by atoms with E-state index in [2.05, 4.69) is 35.0 Å². The van der Waals surface area contributed by atoms with E-state index in [1.807, 2.05) is 62.6 Å². The number of aromatic nitrogens is 1. The highest BCUT2D eigenvalue weighted by atomic mass is 32.2. The summed E-state index contributed by atoms with van der Waals surface area (Å²) in [6, 6.07) is 17.8. The van der Waals surface area contributed by atoms with E-state index in [9.17, 15) is 8.42 Å². The second-order valence-corrected chi connectivity index (χ2v) is 11.3. The Morgan fingerprint density at radius 3 is 2.49 bits per heavy atom. The Morgan fingerprint density at radius 1 is 0.973 bits per heavy atom. The minimum atomic E-state index is -3.70. The molecule has 0 unspecified atom stereocenters. The molecular formula is C30H28N2O4S. The molecule has 7 heteroatoms. The quantitative estimate of drug-likeness (QED) is 0.298. The third-order valence-electron chi connectivity index (χ3n) is 6.24. The van der Waals surface area contributed by atoms with Gasteiger partial charge in [0, 0.05) is 37.0 Å². The number of fused-ring (bicyclic) bond motifs is 3. The van der Waals surface area contributed by atoms with Crippen molar-refractivity contribution in [3.8, 4) is 0 Å². The van der Waals surface area contributed by atoms with Gasteiger partial charge in [0.15, 0.2) is 15.4 Å². The minimum absolute atomic E-state index is 0.0212. The SMILES string of the molecule is CC1=C/C(=C(\c2nc3ccc4ccccc4c3o2)S(C)(=O)=O)C=C(C=Cc2ccc(N(C)C)cc2C)O1. The highest BCUT2D eigenvalue weighted by Crippen LogP contribution is 2.34. The number of hydrogen-bond donors (Lipinski definition) is 0. The van der Waals surface area contributed by atoms with Crippen LogP contribution in [0.25, 0.3) is 32.9 Å². The number of benzene rings is 3. The summed E-state index contributed by atoms with van der Waals surface area (Å²) >= 11 is 0. The third kappa shape index (κ3) is 4.95. The van der Waals surface area contributed by atoms with Crippen molar-refractivity contribution in [3.05, 3.63) is 107 Å². The lowest BCUT2D eigenvalue weighted by molar-refractivity contribution is 0.318. The molecule has 0 radical (unpaired) electrons. The predicted octanol–water partition coefficient (Wildman–Crippen LogP) is 6.64. The fourth-order valence-corrected chi connectivity index (χ4v) is 5.37. The average molecular weight is 513 g/mol. The van der Waals surface area contributed by atoms with E-state index in [1.54, 1.807) is 19.1 Å². The fourth-order valence-electron chi connectivity index (χ4n) is 4.42. The number of rotatable bonds is 5. The predicted molar refractivity (Wildman–Crippen MR) is 151 cm³/mol. The Labute approximate surface area is 216 Å². The van der Waals surface area contributed by atoms with Crippen LogP contribution in [0.15, 0.2) is 94.3 Å². The molecule has 0 N–H and O–H groups in total. The van der Waals surface area contributed by atoms with E-state index in [0.29, 0.717) is 28.2 Å². The maximum absolute atomic E-state index is 13.0. The lowest BCUT2D eigenvalue weighted by Crippen LogP contribution is -2.08. The Bertz CT molecular complexity index is 1770. The summed E-state index contributed by atoms with van der Waals surface area (Å²) in [5, 5.41) is 1.87. The molecule has 0 aliphatic carbocycles. The zero-order chi connectivity index (χ0) is 26.3. The molecule has 1 aliphatic rings. The second kappa shape index (κ2) is 9.41. The topological polar surface area (TPSA) is 72.6 Å². The minimum Gasteiger partial charge on any atom is -0.462 e. The Balaban J connectivity index is 1.61. The van der Waals surface area contributed by atoms with Crippen molar-refractivity contribution in [1.29, 1.82) is 0 Å². The number of ether oxygens (including phenoxy) is 1. The number of aryl methyl sites for hydroxylation is 1. The zero-order valence-corrected chi connectivity index (χ0v) is 22.3. The van der Waals surface area contributed by atoms with Gasteiger partial charge in [-0.25, -0.2) is 13.4 Å². The standard InChI is InChI=1S/C30H28N2O4S/c1-19-16-24(32(3)4)13-10-21(19)11-14-25-18-23(17-20(2)35-25)29(37(5,33)34)30-31-27-15-12-22-8-6-7-9-26(22)28(27)36-30/h6-18H,1-5H3/b14-11?,29-23-. The van der Waals surface area contributed by atoms with Gasteiger partial charge in [-0.1, -0.05) is 42.5 Å². The highest BCUT2D eigenvalue weighted by molar-refractivity contribution is 8.00. The molecule has 6 nitrogen and oxygen atoms in total. The average Bonchev–Trinajstić information content (AvgIpc) is 3.26. The highest BCUT2D eigenvalue weighted by Gasteiger charge is 2.26. The summed E-state index contributed by atoms with van der Waals surface area (Å²) in [4.78, 5) is 6.63. The molecule has 0 saturated carbocycles. The lowest BCUT2D eigenvalue weighted by Gasteiger charge is -2.16. The molecule has 188 valence electrons. The molecule has 2 heterocycles. The van der Waals surface area contributed by atoms with E-state index >= 15 is 0 Å². The normalized spacial score (nSPS) is 15.6. The van der Waals surface area contributed by atoms with Crippen LogP contribution >= 0.6 is 0 Å². The number of anilines is 1. The van der Waals surface area contributed by atoms with Gasteiger partial charge < -0.3 is 14.1 Å². The van der Waals surface area contributed by atoms with Gasteiger partial charge in [0.25, 0.3) is 0 Å². The van der Waals surface area contributed by atoms with Crippen LogP contribution in [0.4, 0.5) is 5.69 Å². The van der Waals surface area contributed by atoms with Crippen LogP contribution < -0.4 is 4.90 Å². The van der Waals surface area contributed by atoms with Crippen molar-refractivity contribution < 1.29 is 17.6 Å². The molecule has 37 heavy (non-hydrogen) atoms. The van der Waals surface area contributed by atoms with Crippen molar-refractivity contribution in [2.24, 2.45) is 0 Å². The van der Waals surface area contributed by atoms with Crippen LogP contribution in [0.1, 0.15) is 23.9 Å². The van der Waals surface area contributed by atoms with E-state index in [1.165, 1.54) is 6.26 Å². The van der Waals surface area contributed by atoms with Crippen molar-refractivity contribution in [2.45, 2.75) is 13.8 Å². The lowest BCUT2D eigenvalue weighted by atomic mass is 10.1. The first-order chi connectivity index (χ1) is 17.6. The Morgan fingerprint density at radius 2 is 1.76 bits per heavy atom. The van der Waals surface area contributed by atoms with Gasteiger partial charge in [-0.3, -0.25) is 0 Å².